The fraction of sp³-hybridized carbons (Fsp3) is 0.462. The minimum absolute atomic E-state index is 0.272. The molecule has 0 fully saturated rings. The van der Waals surface area contributed by atoms with Gasteiger partial charge in [0.25, 0.3) is 0 Å². The quantitative estimate of drug-likeness (QED) is 0.759. The van der Waals surface area contributed by atoms with E-state index in [1.165, 1.54) is 24.1 Å². The fourth-order valence-corrected chi connectivity index (χ4v) is 4.79. The summed E-state index contributed by atoms with van der Waals surface area (Å²) < 4.78 is 42.9. The summed E-state index contributed by atoms with van der Waals surface area (Å²) in [6, 6.07) is 4.63. The molecule has 0 heterocycles. The second kappa shape index (κ2) is 7.39. The van der Waals surface area contributed by atoms with E-state index in [0.29, 0.717) is 10.6 Å². The van der Waals surface area contributed by atoms with Gasteiger partial charge in [-0.3, -0.25) is 4.18 Å². The molecule has 1 aromatic rings. The molecule has 0 N–H and O–H groups in total. The lowest BCUT2D eigenvalue weighted by Gasteiger charge is -2.30. The molecule has 0 radical (unpaired) electrons. The number of rotatable bonds is 6. The molecule has 132 valence electrons. The van der Waals surface area contributed by atoms with Gasteiger partial charge in [-0.05, 0) is 24.6 Å². The first-order valence-corrected chi connectivity index (χ1v) is 10.1. The third kappa shape index (κ3) is 5.27. The summed E-state index contributed by atoms with van der Waals surface area (Å²) in [5.41, 5.74) is 0. The number of carbonyl (C=O) groups is 1. The van der Waals surface area contributed by atoms with E-state index in [2.05, 4.69) is 4.18 Å². The van der Waals surface area contributed by atoms with Crippen molar-refractivity contribution in [1.82, 2.24) is 4.90 Å². The lowest BCUT2D eigenvalue weighted by molar-refractivity contribution is 0.171. The van der Waals surface area contributed by atoms with Crippen LogP contribution in [0.3, 0.4) is 0 Å². The summed E-state index contributed by atoms with van der Waals surface area (Å²) in [6.07, 6.45) is 2.73. The molecule has 23 heavy (non-hydrogen) atoms. The van der Waals surface area contributed by atoms with Gasteiger partial charge in [0, 0.05) is 20.2 Å². The van der Waals surface area contributed by atoms with Crippen LogP contribution in [-0.2, 0) is 18.2 Å². The van der Waals surface area contributed by atoms with Gasteiger partial charge in [-0.15, -0.1) is 0 Å². The number of methoxy groups -OCH3 is 1. The van der Waals surface area contributed by atoms with Crippen LogP contribution in [0.15, 0.2) is 23.1 Å². The van der Waals surface area contributed by atoms with E-state index in [4.69, 9.17) is 13.1 Å². The summed E-state index contributed by atoms with van der Waals surface area (Å²) >= 11 is 0. The third-order valence-electron chi connectivity index (χ3n) is 2.69. The van der Waals surface area contributed by atoms with E-state index in [9.17, 15) is 13.2 Å². The van der Waals surface area contributed by atoms with Crippen molar-refractivity contribution in [2.75, 3.05) is 40.8 Å². The average molecular weight is 367 g/mol. The van der Waals surface area contributed by atoms with Gasteiger partial charge < -0.3 is 14.4 Å². The number of ether oxygens (including phenoxy) is 2. The second-order valence-corrected chi connectivity index (χ2v) is 9.55. The van der Waals surface area contributed by atoms with Gasteiger partial charge in [-0.1, -0.05) is 10.3 Å². The van der Waals surface area contributed by atoms with Gasteiger partial charge in [0.2, 0.25) is 0 Å². The normalized spacial score (nSPS) is 12.6. The first kappa shape index (κ1) is 19.6. The van der Waals surface area contributed by atoms with E-state index < -0.39 is 26.8 Å². The molecule has 0 saturated heterocycles. The zero-order valence-electron chi connectivity index (χ0n) is 13.9. The highest BCUT2D eigenvalue weighted by Gasteiger charge is 2.28. The van der Waals surface area contributed by atoms with E-state index in [1.807, 2.05) is 0 Å². The number of hydrogen-bond donors (Lipinski definition) is 0. The second-order valence-electron chi connectivity index (χ2n) is 4.95. The number of benzene rings is 1. The molecule has 0 aromatic heterocycles. The molecule has 1 aromatic carbocycles. The van der Waals surface area contributed by atoms with Crippen molar-refractivity contribution in [3.05, 3.63) is 18.2 Å². The Balaban J connectivity index is 3.16. The highest BCUT2D eigenvalue weighted by molar-refractivity contribution is 8.31. The Bertz CT molecular complexity index is 671. The van der Waals surface area contributed by atoms with Gasteiger partial charge in [-0.25, -0.2) is 4.79 Å². The summed E-state index contributed by atoms with van der Waals surface area (Å²) in [6.45, 7) is 0. The zero-order valence-corrected chi connectivity index (χ0v) is 15.5. The Labute approximate surface area is 138 Å². The van der Waals surface area contributed by atoms with Gasteiger partial charge in [0.1, 0.15) is 11.5 Å². The van der Waals surface area contributed by atoms with Crippen molar-refractivity contribution in [2.45, 2.75) is 4.90 Å². The maximum Gasteiger partial charge on any atom is 0.414 e. The average Bonchev–Trinajstić information content (AvgIpc) is 2.45. The summed E-state index contributed by atoms with van der Waals surface area (Å²) in [4.78, 5) is 13.4. The summed E-state index contributed by atoms with van der Waals surface area (Å²) in [7, 11) is -0.757. The maximum atomic E-state index is 11.6. The van der Waals surface area contributed by atoms with Crippen molar-refractivity contribution < 1.29 is 30.5 Å². The predicted molar refractivity (Wildman–Crippen MR) is 87.4 cm³/mol. The van der Waals surface area contributed by atoms with Crippen LogP contribution in [-0.4, -0.2) is 60.2 Å². The molecule has 0 aliphatic rings. The zero-order chi connectivity index (χ0) is 17.8. The first-order chi connectivity index (χ1) is 10.5. The Morgan fingerprint density at radius 2 is 1.74 bits per heavy atom. The number of amides is 1. The number of nitrogens with zero attached hydrogens (tertiary/aromatic N) is 1. The van der Waals surface area contributed by atoms with Crippen LogP contribution in [0, 0.1) is 0 Å². The van der Waals surface area contributed by atoms with E-state index in [1.54, 1.807) is 32.7 Å². The molecule has 1 rings (SSSR count). The van der Waals surface area contributed by atoms with Crippen molar-refractivity contribution in [2.24, 2.45) is 0 Å². The SMILES string of the molecule is COc1cc(OC(=O)N(C)C)ccc1S(C)(C)OS(=O)(=O)OC. The van der Waals surface area contributed by atoms with E-state index in [0.717, 1.165) is 7.11 Å². The van der Waals surface area contributed by atoms with Crippen LogP contribution < -0.4 is 9.47 Å². The molecule has 1 amide bonds. The summed E-state index contributed by atoms with van der Waals surface area (Å²) in [5.74, 6) is 0.620. The van der Waals surface area contributed by atoms with Gasteiger partial charge in [0.05, 0.1) is 19.1 Å². The fourth-order valence-electron chi connectivity index (χ4n) is 1.58. The molecule has 0 atom stereocenters. The highest BCUT2D eigenvalue weighted by Crippen LogP contribution is 2.55. The van der Waals surface area contributed by atoms with E-state index >= 15 is 0 Å². The molecule has 0 unspecified atom stereocenters. The Hall–Kier alpha value is -1.49. The topological polar surface area (TPSA) is 91.4 Å². The van der Waals surface area contributed by atoms with Crippen LogP contribution in [0.2, 0.25) is 0 Å². The Kier molecular flexibility index (Phi) is 6.28. The van der Waals surface area contributed by atoms with Crippen LogP contribution >= 0.6 is 10.3 Å². The van der Waals surface area contributed by atoms with Gasteiger partial charge >= 0.3 is 16.5 Å². The predicted octanol–water partition coefficient (Wildman–Crippen LogP) is 2.00. The molecule has 0 spiro atoms. The third-order valence-corrected chi connectivity index (χ3v) is 6.52. The largest absolute Gasteiger partial charge is 0.495 e. The monoisotopic (exact) mass is 367 g/mol. The number of hydrogen-bond acceptors (Lipinski definition) is 7. The minimum atomic E-state index is -4.10. The molecule has 0 saturated carbocycles. The van der Waals surface area contributed by atoms with Crippen molar-refractivity contribution >= 4 is 26.8 Å². The van der Waals surface area contributed by atoms with Crippen LogP contribution in [0.4, 0.5) is 4.79 Å². The molecular formula is C13H21NO7S2. The highest BCUT2D eigenvalue weighted by atomic mass is 32.3. The van der Waals surface area contributed by atoms with Crippen molar-refractivity contribution in [3.8, 4) is 11.5 Å². The molecule has 8 nitrogen and oxygen atoms in total. The first-order valence-electron chi connectivity index (χ1n) is 6.34. The van der Waals surface area contributed by atoms with Crippen LogP contribution in [0.5, 0.6) is 11.5 Å². The molecule has 10 heteroatoms. The van der Waals surface area contributed by atoms with Crippen molar-refractivity contribution in [1.29, 1.82) is 0 Å². The van der Waals surface area contributed by atoms with Gasteiger partial charge in [-0.2, -0.15) is 12.0 Å². The Morgan fingerprint density at radius 3 is 2.22 bits per heavy atom. The molecular weight excluding hydrogens is 346 g/mol. The maximum absolute atomic E-state index is 11.6. The standard InChI is InChI=1S/C13H21NO7S2/c1-14(2)13(15)20-10-7-8-12(11(9-10)18-3)22(5,6)21-23(16,17)19-4/h7-9H,1-6H3. The van der Waals surface area contributed by atoms with Gasteiger partial charge in [0.15, 0.2) is 0 Å². The minimum Gasteiger partial charge on any atom is -0.495 e. The van der Waals surface area contributed by atoms with E-state index in [-0.39, 0.29) is 5.75 Å². The summed E-state index contributed by atoms with van der Waals surface area (Å²) in [5, 5.41) is 0. The Morgan fingerprint density at radius 1 is 1.13 bits per heavy atom. The van der Waals surface area contributed by atoms with Crippen LogP contribution in [0.25, 0.3) is 0 Å². The molecule has 0 aliphatic heterocycles. The van der Waals surface area contributed by atoms with Crippen molar-refractivity contribution in [3.63, 3.8) is 0 Å². The van der Waals surface area contributed by atoms with Crippen LogP contribution in [0.1, 0.15) is 0 Å². The molecule has 0 bridgehead atoms. The lowest BCUT2D eigenvalue weighted by Crippen LogP contribution is -2.25. The molecule has 0 aliphatic carbocycles. The lowest BCUT2D eigenvalue weighted by atomic mass is 10.3. The number of carbonyl (C=O) groups excluding carboxylic acids is 1. The smallest absolute Gasteiger partial charge is 0.414 e.